The molecule has 6 heteroatoms. The van der Waals surface area contributed by atoms with Gasteiger partial charge in [0.05, 0.1) is 5.75 Å². The van der Waals surface area contributed by atoms with Gasteiger partial charge in [0.25, 0.3) is 0 Å². The molecule has 2 aromatic rings. The molecular formula is C20H22N2O3S. The number of hydrogen-bond donors (Lipinski definition) is 2. The number of nitrogens with one attached hydrogen (secondary N) is 2. The van der Waals surface area contributed by atoms with Crippen molar-refractivity contribution in [1.82, 2.24) is 4.72 Å². The van der Waals surface area contributed by atoms with E-state index in [9.17, 15) is 13.2 Å². The van der Waals surface area contributed by atoms with E-state index in [2.05, 4.69) is 16.6 Å². The molecule has 136 valence electrons. The molecule has 0 spiro atoms. The lowest BCUT2D eigenvalue weighted by Crippen LogP contribution is -2.25. The maximum atomic E-state index is 12.0. The van der Waals surface area contributed by atoms with Crippen LogP contribution in [-0.2, 0) is 20.6 Å². The van der Waals surface area contributed by atoms with E-state index < -0.39 is 10.0 Å². The third-order valence-electron chi connectivity index (χ3n) is 3.50. The van der Waals surface area contributed by atoms with Gasteiger partial charge in [0.1, 0.15) is 0 Å². The quantitative estimate of drug-likeness (QED) is 0.553. The van der Waals surface area contributed by atoms with E-state index in [-0.39, 0.29) is 18.2 Å². The second-order valence-corrected chi connectivity index (χ2v) is 7.64. The van der Waals surface area contributed by atoms with Crippen molar-refractivity contribution in [3.63, 3.8) is 0 Å². The predicted octanol–water partition coefficient (Wildman–Crippen LogP) is 3.25. The minimum Gasteiger partial charge on any atom is -0.323 e. The topological polar surface area (TPSA) is 75.3 Å². The van der Waals surface area contributed by atoms with Gasteiger partial charge in [0.15, 0.2) is 0 Å². The third-order valence-corrected chi connectivity index (χ3v) is 4.81. The summed E-state index contributed by atoms with van der Waals surface area (Å²) >= 11 is 0. The Hall–Kier alpha value is -2.70. The Balaban J connectivity index is 1.94. The second-order valence-electron chi connectivity index (χ2n) is 5.83. The number of carbonyl (C=O) groups is 1. The molecular weight excluding hydrogens is 348 g/mol. The minimum absolute atomic E-state index is 0.123. The molecule has 2 rings (SSSR count). The fourth-order valence-corrected chi connectivity index (χ4v) is 3.38. The lowest BCUT2D eigenvalue weighted by molar-refractivity contribution is -0.111. The summed E-state index contributed by atoms with van der Waals surface area (Å²) in [4.78, 5) is 12.0. The van der Waals surface area contributed by atoms with Gasteiger partial charge in [0, 0.05) is 18.3 Å². The molecule has 0 radical (unpaired) electrons. The number of benzene rings is 2. The fraction of sp³-hybridized carbons (Fsp3) is 0.150. The zero-order valence-corrected chi connectivity index (χ0v) is 15.4. The van der Waals surface area contributed by atoms with Gasteiger partial charge in [0.2, 0.25) is 15.9 Å². The Morgan fingerprint density at radius 2 is 1.88 bits per heavy atom. The lowest BCUT2D eigenvalue weighted by Gasteiger charge is -2.06. The number of anilines is 1. The molecule has 5 nitrogen and oxygen atoms in total. The molecule has 0 saturated carbocycles. The summed E-state index contributed by atoms with van der Waals surface area (Å²) in [6, 6.07) is 14.5. The van der Waals surface area contributed by atoms with Crippen molar-refractivity contribution in [2.45, 2.75) is 12.7 Å². The number of carbonyl (C=O) groups excluding carboxylic acids is 1. The van der Waals surface area contributed by atoms with Crippen LogP contribution in [0.15, 0.2) is 67.3 Å². The summed E-state index contributed by atoms with van der Waals surface area (Å²) in [5.41, 5.74) is 3.31. The van der Waals surface area contributed by atoms with Crippen LogP contribution in [0.3, 0.4) is 0 Å². The number of amides is 1. The van der Waals surface area contributed by atoms with Gasteiger partial charge >= 0.3 is 0 Å². The van der Waals surface area contributed by atoms with Crippen molar-refractivity contribution < 1.29 is 13.2 Å². The molecule has 0 saturated heterocycles. The van der Waals surface area contributed by atoms with E-state index in [1.54, 1.807) is 30.3 Å². The molecule has 0 atom stereocenters. The maximum Gasteiger partial charge on any atom is 0.248 e. The molecule has 0 bridgehead atoms. The molecule has 0 aliphatic heterocycles. The average molecular weight is 370 g/mol. The summed E-state index contributed by atoms with van der Waals surface area (Å²) in [7, 11) is -3.40. The molecule has 0 unspecified atom stereocenters. The fourth-order valence-electron chi connectivity index (χ4n) is 2.27. The van der Waals surface area contributed by atoms with Gasteiger partial charge in [-0.2, -0.15) is 0 Å². The first-order chi connectivity index (χ1) is 12.4. The van der Waals surface area contributed by atoms with Crippen LogP contribution in [0.5, 0.6) is 0 Å². The van der Waals surface area contributed by atoms with Crippen molar-refractivity contribution in [3.8, 4) is 0 Å². The Morgan fingerprint density at radius 3 is 2.54 bits per heavy atom. The van der Waals surface area contributed by atoms with Crippen LogP contribution in [0.1, 0.15) is 16.7 Å². The molecule has 2 N–H and O–H groups in total. The van der Waals surface area contributed by atoms with Crippen LogP contribution in [0.2, 0.25) is 0 Å². The zero-order chi connectivity index (χ0) is 19.0. The Bertz CT molecular complexity index is 901. The lowest BCUT2D eigenvalue weighted by atomic mass is 10.1. The van der Waals surface area contributed by atoms with Crippen molar-refractivity contribution in [1.29, 1.82) is 0 Å². The number of aryl methyl sites for hydroxylation is 1. The Morgan fingerprint density at radius 1 is 1.15 bits per heavy atom. The van der Waals surface area contributed by atoms with Crippen molar-refractivity contribution in [2.24, 2.45) is 0 Å². The van der Waals surface area contributed by atoms with Crippen molar-refractivity contribution in [3.05, 3.63) is 84.0 Å². The summed E-state index contributed by atoms with van der Waals surface area (Å²) in [5.74, 6) is -0.373. The summed E-state index contributed by atoms with van der Waals surface area (Å²) in [6.45, 7) is 5.67. The third kappa shape index (κ3) is 6.66. The van der Waals surface area contributed by atoms with E-state index in [4.69, 9.17) is 0 Å². The van der Waals surface area contributed by atoms with Crippen LogP contribution in [-0.4, -0.2) is 20.9 Å². The highest BCUT2D eigenvalue weighted by Crippen LogP contribution is 2.12. The molecule has 26 heavy (non-hydrogen) atoms. The summed E-state index contributed by atoms with van der Waals surface area (Å²) in [5, 5.41) is 2.75. The summed E-state index contributed by atoms with van der Waals surface area (Å²) < 4.78 is 26.1. The number of sulfonamides is 1. The van der Waals surface area contributed by atoms with Gasteiger partial charge in [-0.05, 0) is 36.3 Å². The molecule has 0 heterocycles. The first-order valence-electron chi connectivity index (χ1n) is 8.11. The highest BCUT2D eigenvalue weighted by molar-refractivity contribution is 7.88. The predicted molar refractivity (Wildman–Crippen MR) is 106 cm³/mol. The molecule has 0 aromatic heterocycles. The van der Waals surface area contributed by atoms with E-state index >= 15 is 0 Å². The average Bonchev–Trinajstić information content (AvgIpc) is 2.60. The van der Waals surface area contributed by atoms with Crippen LogP contribution < -0.4 is 10.0 Å². The molecule has 0 fully saturated rings. The van der Waals surface area contributed by atoms with Crippen LogP contribution in [0, 0.1) is 6.92 Å². The van der Waals surface area contributed by atoms with Gasteiger partial charge in [-0.15, -0.1) is 6.58 Å². The van der Waals surface area contributed by atoms with Crippen LogP contribution in [0.4, 0.5) is 5.69 Å². The van der Waals surface area contributed by atoms with E-state index in [1.165, 1.54) is 12.2 Å². The maximum absolute atomic E-state index is 12.0. The van der Waals surface area contributed by atoms with E-state index in [0.29, 0.717) is 11.3 Å². The van der Waals surface area contributed by atoms with Gasteiger partial charge in [-0.3, -0.25) is 4.79 Å². The van der Waals surface area contributed by atoms with Gasteiger partial charge in [-0.25, -0.2) is 13.1 Å². The minimum atomic E-state index is -3.40. The SMILES string of the molecule is C=CCNS(=O)(=O)Cc1ccc(NC(=O)/C=C/c2cccc(C)c2)cc1. The van der Waals surface area contributed by atoms with Crippen molar-refractivity contribution >= 4 is 27.7 Å². The highest BCUT2D eigenvalue weighted by Gasteiger charge is 2.10. The van der Waals surface area contributed by atoms with Crippen molar-refractivity contribution in [2.75, 3.05) is 11.9 Å². The highest BCUT2D eigenvalue weighted by atomic mass is 32.2. The first-order valence-corrected chi connectivity index (χ1v) is 9.76. The monoisotopic (exact) mass is 370 g/mol. The molecule has 1 amide bonds. The standard InChI is InChI=1S/C20H22N2O3S/c1-3-13-21-26(24,25)15-18-7-10-19(11-8-18)22-20(23)12-9-17-6-4-5-16(2)14-17/h3-12,14,21H,1,13,15H2,2H3,(H,22,23)/b12-9+. The van der Waals surface area contributed by atoms with Gasteiger partial charge < -0.3 is 5.32 Å². The zero-order valence-electron chi connectivity index (χ0n) is 14.6. The largest absolute Gasteiger partial charge is 0.323 e. The first kappa shape index (κ1) is 19.6. The van der Waals surface area contributed by atoms with Crippen LogP contribution >= 0.6 is 0 Å². The summed E-state index contributed by atoms with van der Waals surface area (Å²) in [6.07, 6.45) is 4.70. The molecule has 2 aromatic carbocycles. The smallest absolute Gasteiger partial charge is 0.248 e. The molecule has 0 aliphatic carbocycles. The van der Waals surface area contributed by atoms with E-state index in [0.717, 1.165) is 11.1 Å². The second kappa shape index (κ2) is 9.12. The Kier molecular flexibility index (Phi) is 6.89. The number of rotatable bonds is 8. The normalized spacial score (nSPS) is 11.4. The van der Waals surface area contributed by atoms with Crippen LogP contribution in [0.25, 0.3) is 6.08 Å². The molecule has 0 aliphatic rings. The number of hydrogen-bond acceptors (Lipinski definition) is 3. The van der Waals surface area contributed by atoms with E-state index in [1.807, 2.05) is 31.2 Å². The Labute approximate surface area is 154 Å². The van der Waals surface area contributed by atoms with Gasteiger partial charge in [-0.1, -0.05) is 48.0 Å².